The van der Waals surface area contributed by atoms with Crippen molar-refractivity contribution in [2.45, 2.75) is 4.90 Å². The fraction of sp³-hybridized carbons (Fsp3) is 0.167. The summed E-state index contributed by atoms with van der Waals surface area (Å²) in [4.78, 5) is 24.7. The first-order chi connectivity index (χ1) is 16.6. The molecule has 0 bridgehead atoms. The van der Waals surface area contributed by atoms with Gasteiger partial charge >= 0.3 is 11.1 Å². The van der Waals surface area contributed by atoms with Crippen LogP contribution in [0.1, 0.15) is 0 Å². The van der Waals surface area contributed by atoms with Gasteiger partial charge in [-0.15, -0.1) is 0 Å². The Hall–Kier alpha value is -4.25. The third-order valence-electron chi connectivity index (χ3n) is 5.49. The van der Waals surface area contributed by atoms with Crippen LogP contribution >= 0.6 is 0 Å². The number of fused-ring (bicyclic) bond motifs is 1. The van der Waals surface area contributed by atoms with E-state index in [2.05, 4.69) is 4.72 Å². The van der Waals surface area contributed by atoms with Gasteiger partial charge in [0.15, 0.2) is 5.75 Å². The predicted molar refractivity (Wildman–Crippen MR) is 131 cm³/mol. The first-order valence-electron chi connectivity index (χ1n) is 10.4. The zero-order chi connectivity index (χ0) is 25.3. The highest BCUT2D eigenvalue weighted by Crippen LogP contribution is 2.35. The first kappa shape index (κ1) is 23.9. The molecule has 182 valence electrons. The van der Waals surface area contributed by atoms with E-state index in [1.807, 2.05) is 0 Å². The highest BCUT2D eigenvalue weighted by Gasteiger charge is 2.20. The quantitative estimate of drug-likeness (QED) is 0.390. The van der Waals surface area contributed by atoms with Gasteiger partial charge in [0.2, 0.25) is 0 Å². The molecule has 0 radical (unpaired) electrons. The number of aryl methyl sites for hydroxylation is 2. The minimum atomic E-state index is -4.04. The maximum atomic E-state index is 13.2. The van der Waals surface area contributed by atoms with Crippen molar-refractivity contribution in [3.63, 3.8) is 0 Å². The van der Waals surface area contributed by atoms with Crippen LogP contribution < -0.4 is 30.1 Å². The summed E-state index contributed by atoms with van der Waals surface area (Å²) in [6.07, 6.45) is 0. The monoisotopic (exact) mass is 497 g/mol. The largest absolute Gasteiger partial charge is 0.497 e. The minimum Gasteiger partial charge on any atom is -0.497 e. The number of methoxy groups -OCH3 is 2. The number of hydrogen-bond acceptors (Lipinski definition) is 7. The van der Waals surface area contributed by atoms with Crippen molar-refractivity contribution in [2.75, 3.05) is 18.9 Å². The average molecular weight is 498 g/mol. The number of ether oxygens (including phenoxy) is 3. The Labute approximate surface area is 201 Å². The van der Waals surface area contributed by atoms with E-state index in [1.54, 1.807) is 24.3 Å². The van der Waals surface area contributed by atoms with E-state index in [0.717, 1.165) is 0 Å². The van der Waals surface area contributed by atoms with Gasteiger partial charge in [0.1, 0.15) is 17.2 Å². The molecule has 0 amide bonds. The SMILES string of the molecule is COc1ccc(Oc2cc3c(cc2NS(=O)(=O)c2ccc(OC)cc2)n(C)c(=O)c(=O)n3C)cc1. The van der Waals surface area contributed by atoms with Crippen LogP contribution in [0.3, 0.4) is 0 Å². The molecule has 10 nitrogen and oxygen atoms in total. The third-order valence-corrected chi connectivity index (χ3v) is 6.87. The summed E-state index contributed by atoms with van der Waals surface area (Å²) in [5.41, 5.74) is -0.660. The average Bonchev–Trinajstić information content (AvgIpc) is 2.87. The first-order valence-corrected chi connectivity index (χ1v) is 11.9. The summed E-state index contributed by atoms with van der Waals surface area (Å²) in [5.74, 6) is 1.67. The van der Waals surface area contributed by atoms with E-state index >= 15 is 0 Å². The number of rotatable bonds is 7. The second-order valence-corrected chi connectivity index (χ2v) is 9.31. The molecule has 11 heteroatoms. The van der Waals surface area contributed by atoms with Crippen LogP contribution in [0.15, 0.2) is 75.1 Å². The van der Waals surface area contributed by atoms with E-state index in [9.17, 15) is 18.0 Å². The number of anilines is 1. The summed E-state index contributed by atoms with van der Waals surface area (Å²) in [6.45, 7) is 0. The summed E-state index contributed by atoms with van der Waals surface area (Å²) in [6, 6.07) is 15.5. The highest BCUT2D eigenvalue weighted by molar-refractivity contribution is 7.92. The summed E-state index contributed by atoms with van der Waals surface area (Å²) in [5, 5.41) is 0. The van der Waals surface area contributed by atoms with Crippen molar-refractivity contribution in [3.05, 3.63) is 81.4 Å². The summed E-state index contributed by atoms with van der Waals surface area (Å²) < 4.78 is 47.4. The van der Waals surface area contributed by atoms with Crippen LogP contribution in [-0.2, 0) is 24.1 Å². The van der Waals surface area contributed by atoms with E-state index in [-0.39, 0.29) is 16.3 Å². The van der Waals surface area contributed by atoms with E-state index in [1.165, 1.54) is 73.8 Å². The Bertz CT molecular complexity index is 1620. The molecule has 35 heavy (non-hydrogen) atoms. The second kappa shape index (κ2) is 9.18. The molecule has 0 spiro atoms. The Balaban J connectivity index is 1.87. The van der Waals surface area contributed by atoms with Gasteiger partial charge in [0, 0.05) is 20.2 Å². The Morgan fingerprint density at radius 1 is 0.714 bits per heavy atom. The van der Waals surface area contributed by atoms with Crippen LogP contribution in [0.4, 0.5) is 5.69 Å². The van der Waals surface area contributed by atoms with Gasteiger partial charge in [0.05, 0.1) is 35.8 Å². The molecule has 0 atom stereocenters. The number of nitrogens with zero attached hydrogens (tertiary/aromatic N) is 2. The molecule has 3 aromatic carbocycles. The molecule has 0 unspecified atom stereocenters. The highest BCUT2D eigenvalue weighted by atomic mass is 32.2. The van der Waals surface area contributed by atoms with Crippen molar-refractivity contribution in [1.82, 2.24) is 9.13 Å². The zero-order valence-corrected chi connectivity index (χ0v) is 20.3. The lowest BCUT2D eigenvalue weighted by Crippen LogP contribution is -2.39. The van der Waals surface area contributed by atoms with Gasteiger partial charge in [-0.25, -0.2) is 8.42 Å². The lowest BCUT2D eigenvalue weighted by molar-refractivity contribution is 0.413. The van der Waals surface area contributed by atoms with Gasteiger partial charge in [0.25, 0.3) is 10.0 Å². The molecule has 4 rings (SSSR count). The van der Waals surface area contributed by atoms with Gasteiger partial charge in [-0.1, -0.05) is 0 Å². The third kappa shape index (κ3) is 4.58. The molecule has 0 aliphatic heterocycles. The molecular formula is C24H23N3O7S. The van der Waals surface area contributed by atoms with Crippen molar-refractivity contribution in [1.29, 1.82) is 0 Å². The fourth-order valence-corrected chi connectivity index (χ4v) is 4.56. The number of sulfonamides is 1. The van der Waals surface area contributed by atoms with Crippen LogP contribution in [0.25, 0.3) is 11.0 Å². The summed E-state index contributed by atoms with van der Waals surface area (Å²) >= 11 is 0. The molecule has 0 saturated carbocycles. The standard InChI is InChI=1S/C24H23N3O7S/c1-26-20-13-19(25-35(30,31)18-11-9-16(33-4)10-12-18)22(14-21(20)27(2)24(29)23(26)28)34-17-7-5-15(32-3)6-8-17/h5-14,25H,1-4H3. The molecule has 0 aliphatic carbocycles. The molecular weight excluding hydrogens is 474 g/mol. The number of aromatic nitrogens is 2. The van der Waals surface area contributed by atoms with Crippen molar-refractivity contribution in [2.24, 2.45) is 14.1 Å². The van der Waals surface area contributed by atoms with Gasteiger partial charge in [-0.2, -0.15) is 0 Å². The maximum Gasteiger partial charge on any atom is 0.316 e. The molecule has 4 aromatic rings. The molecule has 0 fully saturated rings. The summed E-state index contributed by atoms with van der Waals surface area (Å²) in [7, 11) is 1.89. The van der Waals surface area contributed by atoms with Crippen LogP contribution in [0, 0.1) is 0 Å². The molecule has 0 saturated heterocycles. The normalized spacial score (nSPS) is 11.3. The van der Waals surface area contributed by atoms with Gasteiger partial charge in [-0.05, 0) is 54.6 Å². The fourth-order valence-electron chi connectivity index (χ4n) is 3.49. The molecule has 1 heterocycles. The minimum absolute atomic E-state index is 0.00291. The predicted octanol–water partition coefficient (Wildman–Crippen LogP) is 2.85. The Morgan fingerprint density at radius 3 is 1.69 bits per heavy atom. The molecule has 0 aliphatic rings. The van der Waals surface area contributed by atoms with Gasteiger partial charge in [-0.3, -0.25) is 14.3 Å². The Kier molecular flexibility index (Phi) is 6.27. The van der Waals surface area contributed by atoms with Crippen molar-refractivity contribution in [3.8, 4) is 23.0 Å². The van der Waals surface area contributed by atoms with E-state index < -0.39 is 21.1 Å². The second-order valence-electron chi connectivity index (χ2n) is 7.62. The topological polar surface area (TPSA) is 118 Å². The number of benzene rings is 3. The van der Waals surface area contributed by atoms with Crippen LogP contribution in [-0.4, -0.2) is 31.8 Å². The maximum absolute atomic E-state index is 13.2. The van der Waals surface area contributed by atoms with Crippen LogP contribution in [0.5, 0.6) is 23.0 Å². The lowest BCUT2D eigenvalue weighted by Gasteiger charge is -2.17. The van der Waals surface area contributed by atoms with Crippen molar-refractivity contribution < 1.29 is 22.6 Å². The number of hydrogen-bond donors (Lipinski definition) is 1. The van der Waals surface area contributed by atoms with Crippen molar-refractivity contribution >= 4 is 26.7 Å². The van der Waals surface area contributed by atoms with Crippen LogP contribution in [0.2, 0.25) is 0 Å². The Morgan fingerprint density at radius 2 is 1.17 bits per heavy atom. The molecule has 1 aromatic heterocycles. The van der Waals surface area contributed by atoms with E-state index in [0.29, 0.717) is 28.3 Å². The van der Waals surface area contributed by atoms with Gasteiger partial charge < -0.3 is 23.3 Å². The number of nitrogens with one attached hydrogen (secondary N) is 1. The zero-order valence-electron chi connectivity index (χ0n) is 19.4. The van der Waals surface area contributed by atoms with E-state index in [4.69, 9.17) is 14.2 Å². The smallest absolute Gasteiger partial charge is 0.316 e. The lowest BCUT2D eigenvalue weighted by atomic mass is 10.2. The molecule has 1 N–H and O–H groups in total.